The number of nitrogens with zero attached hydrogens (tertiary/aromatic N) is 2. The fraction of sp³-hybridized carbons (Fsp3) is 0.400. The summed E-state index contributed by atoms with van der Waals surface area (Å²) in [5, 5.41) is 11.3. The Bertz CT molecular complexity index is 1140. The summed E-state index contributed by atoms with van der Waals surface area (Å²) in [5.41, 5.74) is 1.27. The molecule has 2 aromatic rings. The lowest BCUT2D eigenvalue weighted by Gasteiger charge is -2.29. The maximum Gasteiger partial charge on any atom is 0.295 e. The predicted molar refractivity (Wildman–Crippen MR) is 145 cm³/mol. The molecule has 2 aromatic carbocycles. The second kappa shape index (κ2) is 13.3. The van der Waals surface area contributed by atoms with Crippen LogP contribution in [0.25, 0.3) is 5.76 Å². The molecule has 202 valence electrons. The number of carbonyl (C=O) groups excluding carboxylic acids is 2. The van der Waals surface area contributed by atoms with Gasteiger partial charge >= 0.3 is 0 Å². The zero-order chi connectivity index (χ0) is 26.9. The fourth-order valence-electron chi connectivity index (χ4n) is 4.73. The van der Waals surface area contributed by atoms with Crippen LogP contribution >= 0.6 is 0 Å². The maximum atomic E-state index is 13.3. The van der Waals surface area contributed by atoms with Gasteiger partial charge < -0.3 is 24.2 Å². The van der Waals surface area contributed by atoms with Crippen LogP contribution in [-0.4, -0.2) is 79.2 Å². The molecule has 0 radical (unpaired) electrons. The summed E-state index contributed by atoms with van der Waals surface area (Å²) < 4.78 is 16.7. The first-order valence-electron chi connectivity index (χ1n) is 13.2. The molecule has 4 rings (SSSR count). The lowest BCUT2D eigenvalue weighted by atomic mass is 9.95. The number of likely N-dealkylation sites (tertiary alicyclic amines) is 1. The Morgan fingerprint density at radius 1 is 1.03 bits per heavy atom. The van der Waals surface area contributed by atoms with Crippen LogP contribution in [0, 0.1) is 0 Å². The second-order valence-electron chi connectivity index (χ2n) is 9.34. The monoisotopic (exact) mass is 520 g/mol. The molecule has 38 heavy (non-hydrogen) atoms. The largest absolute Gasteiger partial charge is 0.507 e. The van der Waals surface area contributed by atoms with Gasteiger partial charge in [-0.1, -0.05) is 31.7 Å². The molecule has 0 bridgehead atoms. The summed E-state index contributed by atoms with van der Waals surface area (Å²) in [7, 11) is 0. The van der Waals surface area contributed by atoms with Gasteiger partial charge in [0.1, 0.15) is 23.9 Å². The van der Waals surface area contributed by atoms with Crippen molar-refractivity contribution in [2.75, 3.05) is 52.6 Å². The first-order valence-corrected chi connectivity index (χ1v) is 13.2. The lowest BCUT2D eigenvalue weighted by molar-refractivity contribution is -0.140. The van der Waals surface area contributed by atoms with Crippen molar-refractivity contribution in [2.24, 2.45) is 0 Å². The summed E-state index contributed by atoms with van der Waals surface area (Å²) in [6.07, 6.45) is 3.25. The molecule has 2 aliphatic heterocycles. The molecule has 0 spiro atoms. The summed E-state index contributed by atoms with van der Waals surface area (Å²) >= 11 is 0. The van der Waals surface area contributed by atoms with Gasteiger partial charge in [-0.05, 0) is 54.8 Å². The average molecular weight is 521 g/mol. The van der Waals surface area contributed by atoms with E-state index in [0.717, 1.165) is 31.6 Å². The molecule has 1 amide bonds. The van der Waals surface area contributed by atoms with Crippen molar-refractivity contribution >= 4 is 17.4 Å². The molecule has 1 unspecified atom stereocenters. The van der Waals surface area contributed by atoms with Crippen LogP contribution in [0.1, 0.15) is 36.9 Å². The molecule has 8 nitrogen and oxygen atoms in total. The maximum absolute atomic E-state index is 13.3. The minimum atomic E-state index is -0.704. The first-order chi connectivity index (χ1) is 18.5. The highest BCUT2D eigenvalue weighted by molar-refractivity contribution is 6.46. The minimum Gasteiger partial charge on any atom is -0.507 e. The van der Waals surface area contributed by atoms with Gasteiger partial charge in [-0.25, -0.2) is 0 Å². The fourth-order valence-corrected chi connectivity index (χ4v) is 4.73. The van der Waals surface area contributed by atoms with Crippen molar-refractivity contribution in [3.05, 3.63) is 77.9 Å². The standard InChI is InChI=1S/C30H36N2O6/c1-3-18-37-24-10-6-22(7-11-24)27-26(28(33)23-8-12-25(13-9-23)38-19-4-2)29(34)30(35)32(27)15-5-14-31-16-20-36-21-17-31/h3,6-13,27,33H,1,4-5,14-21H2,2H3/b28-26+. The molecule has 1 atom stereocenters. The SMILES string of the molecule is C=CCOc1ccc(C2/C(=C(\O)c3ccc(OCCC)cc3)C(=O)C(=O)N2CCCN2CCOCC2)cc1. The Morgan fingerprint density at radius 2 is 1.68 bits per heavy atom. The number of hydrogen-bond donors (Lipinski definition) is 1. The highest BCUT2D eigenvalue weighted by atomic mass is 16.5. The Hall–Kier alpha value is -3.62. The van der Waals surface area contributed by atoms with Gasteiger partial charge in [0.2, 0.25) is 0 Å². The predicted octanol–water partition coefficient (Wildman–Crippen LogP) is 4.18. The molecule has 8 heteroatoms. The smallest absolute Gasteiger partial charge is 0.295 e. The normalized spacial score (nSPS) is 19.5. The topological polar surface area (TPSA) is 88.5 Å². The van der Waals surface area contributed by atoms with E-state index in [2.05, 4.69) is 11.5 Å². The molecule has 0 aromatic heterocycles. The minimum absolute atomic E-state index is 0.0864. The molecular formula is C30H36N2O6. The number of benzene rings is 2. The van der Waals surface area contributed by atoms with Crippen LogP contribution in [0.2, 0.25) is 0 Å². The van der Waals surface area contributed by atoms with Crippen molar-refractivity contribution in [1.82, 2.24) is 9.80 Å². The number of aliphatic hydroxyl groups excluding tert-OH is 1. The average Bonchev–Trinajstić information content (AvgIpc) is 3.21. The van der Waals surface area contributed by atoms with Crippen molar-refractivity contribution in [1.29, 1.82) is 0 Å². The summed E-state index contributed by atoms with van der Waals surface area (Å²) in [6, 6.07) is 13.5. The van der Waals surface area contributed by atoms with Gasteiger partial charge in [0.05, 0.1) is 31.4 Å². The Morgan fingerprint density at radius 3 is 2.34 bits per heavy atom. The zero-order valence-electron chi connectivity index (χ0n) is 21.9. The van der Waals surface area contributed by atoms with E-state index >= 15 is 0 Å². The van der Waals surface area contributed by atoms with E-state index in [-0.39, 0.29) is 11.3 Å². The molecule has 2 aliphatic rings. The number of carbonyl (C=O) groups is 2. The number of rotatable bonds is 12. The number of hydrogen-bond acceptors (Lipinski definition) is 7. The van der Waals surface area contributed by atoms with Gasteiger partial charge in [0.25, 0.3) is 11.7 Å². The van der Waals surface area contributed by atoms with E-state index in [1.165, 1.54) is 0 Å². The number of aliphatic hydroxyl groups is 1. The van der Waals surface area contributed by atoms with Crippen LogP contribution in [0.4, 0.5) is 0 Å². The number of morpholine rings is 1. The molecule has 2 fully saturated rings. The molecule has 2 saturated heterocycles. The van der Waals surface area contributed by atoms with Crippen molar-refractivity contribution in [2.45, 2.75) is 25.8 Å². The van der Waals surface area contributed by atoms with E-state index in [1.807, 2.05) is 19.1 Å². The highest BCUT2D eigenvalue weighted by Gasteiger charge is 2.45. The van der Waals surface area contributed by atoms with Crippen molar-refractivity contribution in [3.63, 3.8) is 0 Å². The van der Waals surface area contributed by atoms with Gasteiger partial charge in [0, 0.05) is 31.7 Å². The number of ketones is 1. The van der Waals surface area contributed by atoms with Gasteiger partial charge in [-0.3, -0.25) is 14.5 Å². The van der Waals surface area contributed by atoms with Crippen LogP contribution in [0.3, 0.4) is 0 Å². The molecule has 2 heterocycles. The molecule has 1 N–H and O–H groups in total. The van der Waals surface area contributed by atoms with E-state index in [9.17, 15) is 14.7 Å². The summed E-state index contributed by atoms with van der Waals surface area (Å²) in [5.74, 6) is -0.150. The van der Waals surface area contributed by atoms with E-state index in [0.29, 0.717) is 56.5 Å². The number of Topliss-reactive ketones (excluding diaryl/α,β-unsaturated/α-hetero) is 1. The highest BCUT2D eigenvalue weighted by Crippen LogP contribution is 2.40. The Balaban J connectivity index is 1.63. The third-order valence-electron chi connectivity index (χ3n) is 6.68. The van der Waals surface area contributed by atoms with Crippen LogP contribution < -0.4 is 9.47 Å². The van der Waals surface area contributed by atoms with Crippen molar-refractivity contribution < 1.29 is 28.9 Å². The van der Waals surface area contributed by atoms with Gasteiger partial charge in [-0.2, -0.15) is 0 Å². The van der Waals surface area contributed by atoms with Crippen molar-refractivity contribution in [3.8, 4) is 11.5 Å². The zero-order valence-corrected chi connectivity index (χ0v) is 21.9. The van der Waals surface area contributed by atoms with E-state index in [1.54, 1.807) is 47.4 Å². The molecule has 0 aliphatic carbocycles. The third-order valence-corrected chi connectivity index (χ3v) is 6.68. The van der Waals surface area contributed by atoms with Crippen LogP contribution in [0.5, 0.6) is 11.5 Å². The second-order valence-corrected chi connectivity index (χ2v) is 9.34. The Labute approximate surface area is 224 Å². The quantitative estimate of drug-likeness (QED) is 0.194. The van der Waals surface area contributed by atoms with Crippen LogP contribution in [-0.2, 0) is 14.3 Å². The van der Waals surface area contributed by atoms with Crippen LogP contribution in [0.15, 0.2) is 66.8 Å². The lowest BCUT2D eigenvalue weighted by Crippen LogP contribution is -2.38. The summed E-state index contributed by atoms with van der Waals surface area (Å²) in [6.45, 7) is 11.0. The van der Waals surface area contributed by atoms with E-state index < -0.39 is 17.7 Å². The molecule has 0 saturated carbocycles. The third kappa shape index (κ3) is 6.44. The van der Waals surface area contributed by atoms with E-state index in [4.69, 9.17) is 14.2 Å². The first kappa shape index (κ1) is 27.4. The number of ether oxygens (including phenoxy) is 3. The van der Waals surface area contributed by atoms with Gasteiger partial charge in [-0.15, -0.1) is 0 Å². The number of amides is 1. The summed E-state index contributed by atoms with van der Waals surface area (Å²) in [4.78, 5) is 30.4. The van der Waals surface area contributed by atoms with Gasteiger partial charge in [0.15, 0.2) is 0 Å². The molecular weight excluding hydrogens is 484 g/mol. The Kier molecular flexibility index (Phi) is 9.56.